The summed E-state index contributed by atoms with van der Waals surface area (Å²) in [6.07, 6.45) is 3.15. The maximum Gasteiger partial charge on any atom is 0.407 e. The number of alkyl carbamates (subject to hydrolysis) is 1. The summed E-state index contributed by atoms with van der Waals surface area (Å²) in [7, 11) is 1.83. The van der Waals surface area contributed by atoms with Gasteiger partial charge in [0.25, 0.3) is 5.91 Å². The fourth-order valence-electron chi connectivity index (χ4n) is 3.53. The Hall–Kier alpha value is -3.17. The van der Waals surface area contributed by atoms with E-state index in [4.69, 9.17) is 4.74 Å². The van der Waals surface area contributed by atoms with Gasteiger partial charge in [-0.05, 0) is 57.7 Å². The zero-order chi connectivity index (χ0) is 24.7. The molecule has 0 aliphatic rings. The number of aromatic nitrogens is 2. The summed E-state index contributed by atoms with van der Waals surface area (Å²) < 4.78 is 7.03. The van der Waals surface area contributed by atoms with Gasteiger partial charge in [-0.1, -0.05) is 30.3 Å². The molecule has 0 saturated carbocycles. The molecule has 0 aliphatic heterocycles. The number of hydrogen-bond acceptors (Lipinski definition) is 6. The Morgan fingerprint density at radius 2 is 1.97 bits per heavy atom. The van der Waals surface area contributed by atoms with Crippen LogP contribution in [-0.2, 0) is 18.2 Å². The number of aryl methyl sites for hydroxylation is 2. The highest BCUT2D eigenvalue weighted by Crippen LogP contribution is 2.26. The van der Waals surface area contributed by atoms with Crippen LogP contribution in [-0.4, -0.2) is 50.2 Å². The topological polar surface area (TPSA) is 96.7 Å². The van der Waals surface area contributed by atoms with Crippen molar-refractivity contribution >= 4 is 23.3 Å². The molecule has 3 rings (SSSR count). The number of carbonyl (C=O) groups excluding carboxylic acids is 2. The van der Waals surface area contributed by atoms with Crippen LogP contribution in [0.25, 0.3) is 11.3 Å². The van der Waals surface area contributed by atoms with Crippen molar-refractivity contribution in [2.75, 3.05) is 6.54 Å². The Bertz CT molecular complexity index is 1090. The first-order chi connectivity index (χ1) is 16.1. The summed E-state index contributed by atoms with van der Waals surface area (Å²) in [4.78, 5) is 25.6. The molecule has 8 nitrogen and oxygen atoms in total. The molecule has 0 aliphatic carbocycles. The number of rotatable bonds is 9. The quantitative estimate of drug-likeness (QED) is 0.333. The fourth-order valence-corrected chi connectivity index (χ4v) is 4.36. The van der Waals surface area contributed by atoms with Crippen LogP contribution < -0.4 is 5.32 Å². The second-order valence-corrected chi connectivity index (χ2v) is 10.0. The first-order valence-electron chi connectivity index (χ1n) is 11.2. The van der Waals surface area contributed by atoms with Crippen molar-refractivity contribution in [2.24, 2.45) is 7.05 Å². The lowest BCUT2D eigenvalue weighted by molar-refractivity contribution is -0.0897. The zero-order valence-electron chi connectivity index (χ0n) is 20.0. The number of ether oxygens (including phenoxy) is 1. The molecule has 2 heterocycles. The van der Waals surface area contributed by atoms with Crippen LogP contribution in [0.4, 0.5) is 4.79 Å². The van der Waals surface area contributed by atoms with E-state index in [1.165, 1.54) is 16.9 Å². The van der Waals surface area contributed by atoms with E-state index in [9.17, 15) is 14.8 Å². The number of benzene rings is 1. The van der Waals surface area contributed by atoms with E-state index in [1.54, 1.807) is 37.7 Å². The van der Waals surface area contributed by atoms with Gasteiger partial charge >= 0.3 is 6.09 Å². The lowest BCUT2D eigenvalue weighted by Gasteiger charge is -2.27. The molecular weight excluding hydrogens is 452 g/mol. The number of amides is 2. The van der Waals surface area contributed by atoms with Crippen molar-refractivity contribution in [1.29, 1.82) is 0 Å². The molecule has 2 N–H and O–H groups in total. The molecule has 0 saturated heterocycles. The molecule has 0 spiro atoms. The minimum Gasteiger partial charge on any atom is -0.444 e. The van der Waals surface area contributed by atoms with Crippen LogP contribution in [0.3, 0.4) is 0 Å². The predicted molar refractivity (Wildman–Crippen MR) is 132 cm³/mol. The average Bonchev–Trinajstić information content (AvgIpc) is 3.43. The summed E-state index contributed by atoms with van der Waals surface area (Å²) in [5.41, 5.74) is 2.28. The van der Waals surface area contributed by atoms with Gasteiger partial charge in [-0.2, -0.15) is 5.10 Å². The number of nitrogens with zero attached hydrogens (tertiary/aromatic N) is 3. The van der Waals surface area contributed by atoms with Crippen molar-refractivity contribution < 1.29 is 19.5 Å². The number of thiophene rings is 1. The second kappa shape index (κ2) is 11.3. The van der Waals surface area contributed by atoms with E-state index in [-0.39, 0.29) is 6.54 Å². The van der Waals surface area contributed by atoms with Crippen LogP contribution in [0.1, 0.15) is 48.8 Å². The number of hydroxylamine groups is 2. The van der Waals surface area contributed by atoms with Crippen LogP contribution in [0.5, 0.6) is 0 Å². The number of hydrogen-bond donors (Lipinski definition) is 2. The van der Waals surface area contributed by atoms with E-state index in [0.717, 1.165) is 29.2 Å². The zero-order valence-corrected chi connectivity index (χ0v) is 20.8. The molecule has 3 aromatic rings. The van der Waals surface area contributed by atoms with Gasteiger partial charge in [0, 0.05) is 30.7 Å². The normalized spacial score (nSPS) is 12.3. The van der Waals surface area contributed by atoms with E-state index in [1.807, 2.05) is 48.8 Å². The van der Waals surface area contributed by atoms with Gasteiger partial charge in [0.1, 0.15) is 5.60 Å². The third kappa shape index (κ3) is 7.16. The summed E-state index contributed by atoms with van der Waals surface area (Å²) in [6.45, 7) is 5.42. The molecule has 2 aromatic heterocycles. The fraction of sp³-hybridized carbons (Fsp3) is 0.400. The van der Waals surface area contributed by atoms with Gasteiger partial charge in [0.2, 0.25) is 0 Å². The Morgan fingerprint density at radius 3 is 2.62 bits per heavy atom. The molecule has 0 bridgehead atoms. The van der Waals surface area contributed by atoms with Gasteiger partial charge in [0.05, 0.1) is 16.6 Å². The van der Waals surface area contributed by atoms with Crippen molar-refractivity contribution in [2.45, 2.75) is 51.7 Å². The van der Waals surface area contributed by atoms with Crippen LogP contribution >= 0.6 is 11.3 Å². The molecule has 0 fully saturated rings. The van der Waals surface area contributed by atoms with Gasteiger partial charge in [-0.25, -0.2) is 9.86 Å². The monoisotopic (exact) mass is 484 g/mol. The first-order valence-corrected chi connectivity index (χ1v) is 12.1. The highest BCUT2D eigenvalue weighted by atomic mass is 32.1. The molecule has 1 aromatic carbocycles. The van der Waals surface area contributed by atoms with E-state index in [2.05, 4.69) is 10.4 Å². The maximum atomic E-state index is 13.1. The van der Waals surface area contributed by atoms with E-state index in [0.29, 0.717) is 11.3 Å². The largest absolute Gasteiger partial charge is 0.444 e. The molecule has 1 unspecified atom stereocenters. The Kier molecular flexibility index (Phi) is 8.46. The maximum absolute atomic E-state index is 13.1. The highest BCUT2D eigenvalue weighted by Gasteiger charge is 2.26. The molecular formula is C25H32N4O4S. The standard InChI is InChI=1S/C25H32N4O4S/c1-25(2,3)33-24(31)26-16-20(12-8-11-18-9-6-5-7-10-18)29(32)23(30)22-15-19(17-34-22)21-13-14-27-28(21)4/h5-7,9-10,13-15,17,20,32H,8,11-12,16H2,1-4H3,(H,26,31). The van der Waals surface area contributed by atoms with Crippen molar-refractivity contribution in [3.8, 4) is 11.3 Å². The molecule has 182 valence electrons. The average molecular weight is 485 g/mol. The molecule has 34 heavy (non-hydrogen) atoms. The second-order valence-electron chi connectivity index (χ2n) is 9.10. The lowest BCUT2D eigenvalue weighted by Crippen LogP contribution is -2.46. The molecule has 2 amide bonds. The van der Waals surface area contributed by atoms with Crippen molar-refractivity contribution in [3.63, 3.8) is 0 Å². The Labute approximate surface area is 204 Å². The first kappa shape index (κ1) is 25.5. The number of nitrogens with one attached hydrogen (secondary N) is 1. The minimum atomic E-state index is -0.638. The van der Waals surface area contributed by atoms with Gasteiger partial charge in [-0.15, -0.1) is 11.3 Å². The van der Waals surface area contributed by atoms with E-state index < -0.39 is 23.6 Å². The van der Waals surface area contributed by atoms with Crippen LogP contribution in [0.15, 0.2) is 54.0 Å². The summed E-state index contributed by atoms with van der Waals surface area (Å²) >= 11 is 1.26. The third-order valence-electron chi connectivity index (χ3n) is 5.21. The summed E-state index contributed by atoms with van der Waals surface area (Å²) in [5, 5.41) is 20.3. The summed E-state index contributed by atoms with van der Waals surface area (Å²) in [6, 6.07) is 13.0. The third-order valence-corrected chi connectivity index (χ3v) is 6.13. The Morgan fingerprint density at radius 1 is 1.24 bits per heavy atom. The van der Waals surface area contributed by atoms with Gasteiger partial charge in [-0.3, -0.25) is 14.7 Å². The van der Waals surface area contributed by atoms with Crippen molar-refractivity contribution in [3.05, 3.63) is 64.5 Å². The van der Waals surface area contributed by atoms with E-state index >= 15 is 0 Å². The van der Waals surface area contributed by atoms with Crippen LogP contribution in [0, 0.1) is 0 Å². The minimum absolute atomic E-state index is 0.0753. The smallest absolute Gasteiger partial charge is 0.407 e. The summed E-state index contributed by atoms with van der Waals surface area (Å²) in [5.74, 6) is -0.505. The van der Waals surface area contributed by atoms with Crippen LogP contribution in [0.2, 0.25) is 0 Å². The predicted octanol–water partition coefficient (Wildman–Crippen LogP) is 4.90. The SMILES string of the molecule is Cn1nccc1-c1csc(C(=O)N(O)C(CCCc2ccccc2)CNC(=O)OC(C)(C)C)c1. The highest BCUT2D eigenvalue weighted by molar-refractivity contribution is 7.12. The Balaban J connectivity index is 1.68. The lowest BCUT2D eigenvalue weighted by atomic mass is 10.0. The van der Waals surface area contributed by atoms with Crippen molar-refractivity contribution in [1.82, 2.24) is 20.2 Å². The number of carbonyl (C=O) groups is 2. The van der Waals surface area contributed by atoms with Gasteiger partial charge in [0.15, 0.2) is 0 Å². The molecule has 9 heteroatoms. The molecule has 0 radical (unpaired) electrons. The van der Waals surface area contributed by atoms with Gasteiger partial charge < -0.3 is 10.1 Å². The molecule has 1 atom stereocenters.